The van der Waals surface area contributed by atoms with E-state index in [1.807, 2.05) is 0 Å². The predicted octanol–water partition coefficient (Wildman–Crippen LogP) is 2.19. The molecule has 2 atom stereocenters. The molecule has 0 heterocycles. The Labute approximate surface area is 139 Å². The van der Waals surface area contributed by atoms with Crippen LogP contribution < -0.4 is 10.4 Å². The molecule has 0 radical (unpaired) electrons. The minimum absolute atomic E-state index is 0.358. The second kappa shape index (κ2) is 6.15. The van der Waals surface area contributed by atoms with Crippen LogP contribution in [0.3, 0.4) is 0 Å². The third kappa shape index (κ3) is 3.44. The Morgan fingerprint density at radius 1 is 1.29 bits per heavy atom. The van der Waals surface area contributed by atoms with Gasteiger partial charge in [0.2, 0.25) is 0 Å². The van der Waals surface area contributed by atoms with Crippen LogP contribution in [-0.4, -0.2) is 17.4 Å². The number of carboxylic acid groups (broad SMARTS) is 1. The fourth-order valence-electron chi connectivity index (χ4n) is 2.16. The summed E-state index contributed by atoms with van der Waals surface area (Å²) in [5.41, 5.74) is -0.601. The number of halogens is 2. The highest BCUT2D eigenvalue weighted by Crippen LogP contribution is 2.26. The number of nitrogens with one attached hydrogen (secondary N) is 1. The van der Waals surface area contributed by atoms with Gasteiger partial charge in [0, 0.05) is 14.9 Å². The molecule has 1 aliphatic rings. The van der Waals surface area contributed by atoms with Gasteiger partial charge in [-0.25, -0.2) is 0 Å². The molecule has 0 aliphatic heterocycles. The van der Waals surface area contributed by atoms with E-state index < -0.39 is 17.4 Å². The average Bonchev–Trinajstić information content (AvgIpc) is 2.37. The molecule has 1 aromatic rings. The Morgan fingerprint density at radius 3 is 2.62 bits per heavy atom. The first-order valence-electron chi connectivity index (χ1n) is 6.18. The van der Waals surface area contributed by atoms with Gasteiger partial charge in [0.25, 0.3) is 5.91 Å². The zero-order chi connectivity index (χ0) is 15.6. The summed E-state index contributed by atoms with van der Waals surface area (Å²) in [5.74, 6) is -2.50. The maximum absolute atomic E-state index is 12.4. The normalized spacial score (nSPS) is 23.9. The molecule has 0 fully saturated rings. The molecule has 0 saturated heterocycles. The molecule has 110 valence electrons. The molecule has 4 nitrogen and oxygen atoms in total. The molecule has 1 amide bonds. The fraction of sp³-hybridized carbons (Fsp3) is 0.200. The van der Waals surface area contributed by atoms with Crippen molar-refractivity contribution in [3.63, 3.8) is 0 Å². The minimum Gasteiger partial charge on any atom is -0.549 e. The number of allylic oxidation sites excluding steroid dienone is 2. The fourth-order valence-corrected chi connectivity index (χ4v) is 3.39. The van der Waals surface area contributed by atoms with Gasteiger partial charge < -0.3 is 15.2 Å². The summed E-state index contributed by atoms with van der Waals surface area (Å²) in [5, 5.41) is 14.0. The second-order valence-corrected chi connectivity index (χ2v) is 6.67. The molecule has 21 heavy (non-hydrogen) atoms. The number of rotatable bonds is 3. The molecule has 2 rings (SSSR count). The molecular weight excluding hydrogens is 402 g/mol. The Bertz CT molecular complexity index is 654. The van der Waals surface area contributed by atoms with Gasteiger partial charge in [-0.05, 0) is 41.1 Å². The number of aliphatic carboxylic acids is 1. The SMILES string of the molecule is CC1(NC(=O)c2ccc(Br)cc2Br)C=CC=CC1C(=O)[O-]. The number of hydrogen-bond donors (Lipinski definition) is 1. The zero-order valence-corrected chi connectivity index (χ0v) is 14.3. The summed E-state index contributed by atoms with van der Waals surface area (Å²) < 4.78 is 1.46. The summed E-state index contributed by atoms with van der Waals surface area (Å²) in [6.07, 6.45) is 6.49. The average molecular weight is 414 g/mol. The van der Waals surface area contributed by atoms with Gasteiger partial charge in [-0.15, -0.1) is 0 Å². The molecular formula is C15H12Br2NO3-. The topological polar surface area (TPSA) is 69.2 Å². The molecule has 1 N–H and O–H groups in total. The lowest BCUT2D eigenvalue weighted by molar-refractivity contribution is -0.311. The highest BCUT2D eigenvalue weighted by atomic mass is 79.9. The van der Waals surface area contributed by atoms with Gasteiger partial charge in [0.15, 0.2) is 0 Å². The first-order chi connectivity index (χ1) is 9.83. The number of carbonyl (C=O) groups is 2. The lowest BCUT2D eigenvalue weighted by atomic mass is 9.82. The van der Waals surface area contributed by atoms with E-state index in [4.69, 9.17) is 0 Å². The van der Waals surface area contributed by atoms with Crippen LogP contribution >= 0.6 is 31.9 Å². The van der Waals surface area contributed by atoms with E-state index in [1.165, 1.54) is 6.08 Å². The van der Waals surface area contributed by atoms with Gasteiger partial charge in [0.05, 0.1) is 17.1 Å². The molecule has 6 heteroatoms. The Kier molecular flexibility index (Phi) is 4.68. The number of amides is 1. The predicted molar refractivity (Wildman–Crippen MR) is 84.5 cm³/mol. The van der Waals surface area contributed by atoms with Crippen molar-refractivity contribution in [2.75, 3.05) is 0 Å². The maximum atomic E-state index is 12.4. The summed E-state index contributed by atoms with van der Waals surface area (Å²) in [4.78, 5) is 23.6. The first-order valence-corrected chi connectivity index (χ1v) is 7.76. The van der Waals surface area contributed by atoms with Crippen molar-refractivity contribution in [2.45, 2.75) is 12.5 Å². The lowest BCUT2D eigenvalue weighted by Gasteiger charge is -2.36. The van der Waals surface area contributed by atoms with Crippen LogP contribution in [-0.2, 0) is 4.79 Å². The molecule has 1 aromatic carbocycles. The zero-order valence-electron chi connectivity index (χ0n) is 11.1. The van der Waals surface area contributed by atoms with Crippen molar-refractivity contribution in [3.05, 3.63) is 57.0 Å². The standard InChI is InChI=1S/C15H13Br2NO3/c1-15(7-3-2-4-11(15)14(20)21)18-13(19)10-6-5-9(16)8-12(10)17/h2-8,11H,1H3,(H,18,19)(H,20,21)/p-1. The lowest BCUT2D eigenvalue weighted by Crippen LogP contribution is -2.55. The summed E-state index contributed by atoms with van der Waals surface area (Å²) in [6, 6.07) is 5.15. The van der Waals surface area contributed by atoms with Gasteiger partial charge in [-0.1, -0.05) is 40.2 Å². The Balaban J connectivity index is 2.27. The molecule has 0 bridgehead atoms. The minimum atomic E-state index is -1.23. The Morgan fingerprint density at radius 2 is 2.00 bits per heavy atom. The van der Waals surface area contributed by atoms with E-state index in [9.17, 15) is 14.7 Å². The van der Waals surface area contributed by atoms with Crippen LogP contribution in [0.25, 0.3) is 0 Å². The van der Waals surface area contributed by atoms with Gasteiger partial charge in [0.1, 0.15) is 0 Å². The van der Waals surface area contributed by atoms with E-state index in [2.05, 4.69) is 37.2 Å². The summed E-state index contributed by atoms with van der Waals surface area (Å²) >= 11 is 6.64. The van der Waals surface area contributed by atoms with Crippen molar-refractivity contribution in [2.24, 2.45) is 5.92 Å². The highest BCUT2D eigenvalue weighted by molar-refractivity contribution is 9.11. The van der Waals surface area contributed by atoms with Crippen molar-refractivity contribution in [1.82, 2.24) is 5.32 Å². The Hall–Kier alpha value is -1.40. The monoisotopic (exact) mass is 412 g/mol. The number of benzene rings is 1. The number of carboxylic acids is 1. The molecule has 0 spiro atoms. The second-order valence-electron chi connectivity index (χ2n) is 4.90. The van der Waals surface area contributed by atoms with E-state index in [1.54, 1.807) is 43.4 Å². The maximum Gasteiger partial charge on any atom is 0.253 e. The summed E-state index contributed by atoms with van der Waals surface area (Å²) in [6.45, 7) is 1.65. The van der Waals surface area contributed by atoms with E-state index in [-0.39, 0.29) is 5.91 Å². The van der Waals surface area contributed by atoms with E-state index >= 15 is 0 Å². The smallest absolute Gasteiger partial charge is 0.253 e. The van der Waals surface area contributed by atoms with Gasteiger partial charge >= 0.3 is 0 Å². The van der Waals surface area contributed by atoms with Crippen LogP contribution in [0.5, 0.6) is 0 Å². The molecule has 2 unspecified atom stereocenters. The van der Waals surface area contributed by atoms with Gasteiger partial charge in [-0.3, -0.25) is 4.79 Å². The van der Waals surface area contributed by atoms with Crippen molar-refractivity contribution < 1.29 is 14.7 Å². The van der Waals surface area contributed by atoms with Crippen LogP contribution in [0.4, 0.5) is 0 Å². The molecule has 0 aromatic heterocycles. The third-order valence-corrected chi connectivity index (χ3v) is 4.47. The van der Waals surface area contributed by atoms with Crippen LogP contribution in [0, 0.1) is 5.92 Å². The van der Waals surface area contributed by atoms with Crippen LogP contribution in [0.2, 0.25) is 0 Å². The first kappa shape index (κ1) is 16.0. The molecule has 1 aliphatic carbocycles. The van der Waals surface area contributed by atoms with E-state index in [0.717, 1.165) is 4.47 Å². The summed E-state index contributed by atoms with van der Waals surface area (Å²) in [7, 11) is 0. The van der Waals surface area contributed by atoms with Crippen molar-refractivity contribution in [1.29, 1.82) is 0 Å². The van der Waals surface area contributed by atoms with Crippen molar-refractivity contribution >= 4 is 43.7 Å². The largest absolute Gasteiger partial charge is 0.549 e. The number of hydrogen-bond acceptors (Lipinski definition) is 3. The van der Waals surface area contributed by atoms with Crippen LogP contribution in [0.15, 0.2) is 51.4 Å². The van der Waals surface area contributed by atoms with Crippen molar-refractivity contribution in [3.8, 4) is 0 Å². The highest BCUT2D eigenvalue weighted by Gasteiger charge is 2.34. The van der Waals surface area contributed by atoms with E-state index in [0.29, 0.717) is 10.0 Å². The number of carbonyl (C=O) groups excluding carboxylic acids is 2. The molecule has 0 saturated carbocycles. The van der Waals surface area contributed by atoms with Crippen LogP contribution in [0.1, 0.15) is 17.3 Å². The quantitative estimate of drug-likeness (QED) is 0.825. The van der Waals surface area contributed by atoms with Gasteiger partial charge in [-0.2, -0.15) is 0 Å². The third-order valence-electron chi connectivity index (χ3n) is 3.32.